The Hall–Kier alpha value is -1.44. The molecule has 0 radical (unpaired) electrons. The summed E-state index contributed by atoms with van der Waals surface area (Å²) >= 11 is 1.39. The first-order valence-electron chi connectivity index (χ1n) is 5.75. The maximum absolute atomic E-state index is 11.9. The molecular formula is C10H15N3O4S. The number of hydrogen-bond acceptors (Lipinski definition) is 4. The number of nitrogens with zero attached hydrogens (tertiary/aromatic N) is 1. The molecule has 2 heterocycles. The molecule has 2 rings (SSSR count). The first-order chi connectivity index (χ1) is 8.59. The molecule has 3 amide bonds. The summed E-state index contributed by atoms with van der Waals surface area (Å²) < 4.78 is 0. The summed E-state index contributed by atoms with van der Waals surface area (Å²) in [5.41, 5.74) is 0. The van der Waals surface area contributed by atoms with Gasteiger partial charge in [-0.25, -0.2) is 9.59 Å². The standard InChI is InChI=1S/C10H15N3O4S/c14-8-6(2-1-3-11-8)12-10(17)13-5-18-4-7(13)9(15)16/h6-7H,1-5H2,(H,11,14)(H,12,17)(H,15,16)/t6?,7-/m0/s1. The Morgan fingerprint density at radius 3 is 2.94 bits per heavy atom. The van der Waals surface area contributed by atoms with Crippen molar-refractivity contribution in [2.24, 2.45) is 0 Å². The molecule has 7 nitrogen and oxygen atoms in total. The SMILES string of the molecule is O=C1NCCCC1NC(=O)N1CSC[C@H]1C(=O)O. The highest BCUT2D eigenvalue weighted by molar-refractivity contribution is 7.99. The van der Waals surface area contributed by atoms with Gasteiger partial charge in [-0.2, -0.15) is 0 Å². The number of hydrogen-bond donors (Lipinski definition) is 3. The topological polar surface area (TPSA) is 98.7 Å². The number of carboxylic acids is 1. The summed E-state index contributed by atoms with van der Waals surface area (Å²) in [6.07, 6.45) is 1.41. The monoisotopic (exact) mass is 273 g/mol. The van der Waals surface area contributed by atoms with Crippen LogP contribution >= 0.6 is 11.8 Å². The number of carbonyl (C=O) groups excluding carboxylic acids is 2. The average molecular weight is 273 g/mol. The number of carboxylic acid groups (broad SMARTS) is 1. The minimum absolute atomic E-state index is 0.201. The van der Waals surface area contributed by atoms with E-state index in [1.807, 2.05) is 0 Å². The van der Waals surface area contributed by atoms with Crippen LogP contribution in [0.1, 0.15) is 12.8 Å². The molecule has 100 valence electrons. The molecule has 8 heteroatoms. The molecule has 2 aliphatic heterocycles. The minimum Gasteiger partial charge on any atom is -0.480 e. The van der Waals surface area contributed by atoms with E-state index in [1.165, 1.54) is 16.7 Å². The van der Waals surface area contributed by atoms with Crippen LogP contribution in [0.5, 0.6) is 0 Å². The number of aliphatic carboxylic acids is 1. The molecule has 0 aromatic carbocycles. The first-order valence-corrected chi connectivity index (χ1v) is 6.90. The molecule has 18 heavy (non-hydrogen) atoms. The van der Waals surface area contributed by atoms with Crippen LogP contribution in [0.3, 0.4) is 0 Å². The van der Waals surface area contributed by atoms with Gasteiger partial charge in [0.15, 0.2) is 0 Å². The molecule has 1 unspecified atom stereocenters. The normalized spacial score (nSPS) is 27.8. The summed E-state index contributed by atoms with van der Waals surface area (Å²) in [4.78, 5) is 35.6. The lowest BCUT2D eigenvalue weighted by molar-refractivity contribution is -0.140. The molecule has 0 aromatic rings. The number of rotatable bonds is 2. The highest BCUT2D eigenvalue weighted by Crippen LogP contribution is 2.21. The van der Waals surface area contributed by atoms with Crippen molar-refractivity contribution in [1.82, 2.24) is 15.5 Å². The van der Waals surface area contributed by atoms with Crippen molar-refractivity contribution in [2.45, 2.75) is 24.9 Å². The predicted octanol–water partition coefficient (Wildman–Crippen LogP) is -0.566. The highest BCUT2D eigenvalue weighted by atomic mass is 32.2. The van der Waals surface area contributed by atoms with E-state index >= 15 is 0 Å². The lowest BCUT2D eigenvalue weighted by Gasteiger charge is -2.27. The van der Waals surface area contributed by atoms with Crippen LogP contribution in [0.15, 0.2) is 0 Å². The van der Waals surface area contributed by atoms with Crippen LogP contribution in [0.4, 0.5) is 4.79 Å². The molecule has 2 saturated heterocycles. The summed E-state index contributed by atoms with van der Waals surface area (Å²) in [5, 5.41) is 14.2. The molecule has 0 aromatic heterocycles. The summed E-state index contributed by atoms with van der Waals surface area (Å²) in [7, 11) is 0. The van der Waals surface area contributed by atoms with Crippen LogP contribution < -0.4 is 10.6 Å². The Balaban J connectivity index is 1.94. The molecule has 3 N–H and O–H groups in total. The van der Waals surface area contributed by atoms with Crippen LogP contribution in [-0.2, 0) is 9.59 Å². The van der Waals surface area contributed by atoms with E-state index in [2.05, 4.69) is 10.6 Å². The first kappa shape index (κ1) is 13.0. The van der Waals surface area contributed by atoms with Crippen molar-refractivity contribution >= 4 is 29.7 Å². The summed E-state index contributed by atoms with van der Waals surface area (Å²) in [6, 6.07) is -1.83. The molecule has 0 saturated carbocycles. The van der Waals surface area contributed by atoms with Crippen molar-refractivity contribution in [1.29, 1.82) is 0 Å². The molecule has 0 aliphatic carbocycles. The van der Waals surface area contributed by atoms with Gasteiger partial charge in [-0.15, -0.1) is 11.8 Å². The van der Waals surface area contributed by atoms with Crippen molar-refractivity contribution in [3.8, 4) is 0 Å². The third kappa shape index (κ3) is 2.69. The Morgan fingerprint density at radius 2 is 2.28 bits per heavy atom. The maximum atomic E-state index is 11.9. The third-order valence-corrected chi connectivity index (χ3v) is 4.02. The van der Waals surface area contributed by atoms with Crippen molar-refractivity contribution in [3.05, 3.63) is 0 Å². The van der Waals surface area contributed by atoms with Gasteiger partial charge in [0.2, 0.25) is 5.91 Å². The van der Waals surface area contributed by atoms with Gasteiger partial charge in [-0.05, 0) is 12.8 Å². The Kier molecular flexibility index (Phi) is 3.95. The maximum Gasteiger partial charge on any atom is 0.327 e. The quantitative estimate of drug-likeness (QED) is 0.626. The van der Waals surface area contributed by atoms with E-state index in [0.717, 1.165) is 6.42 Å². The van der Waals surface area contributed by atoms with E-state index < -0.39 is 24.1 Å². The van der Waals surface area contributed by atoms with Gasteiger partial charge in [0.1, 0.15) is 12.1 Å². The second-order valence-corrected chi connectivity index (χ2v) is 5.26. The van der Waals surface area contributed by atoms with Crippen molar-refractivity contribution in [3.63, 3.8) is 0 Å². The molecule has 2 aliphatic rings. The number of nitrogens with one attached hydrogen (secondary N) is 2. The number of urea groups is 1. The van der Waals surface area contributed by atoms with Gasteiger partial charge >= 0.3 is 12.0 Å². The number of carbonyl (C=O) groups is 3. The second kappa shape index (κ2) is 5.47. The Bertz CT molecular complexity index is 376. The molecule has 2 atom stereocenters. The second-order valence-electron chi connectivity index (χ2n) is 4.26. The third-order valence-electron chi connectivity index (χ3n) is 3.01. The number of piperidine rings is 1. The van der Waals surface area contributed by atoms with E-state index in [9.17, 15) is 14.4 Å². The molecule has 0 spiro atoms. The Morgan fingerprint density at radius 1 is 1.50 bits per heavy atom. The van der Waals surface area contributed by atoms with E-state index in [0.29, 0.717) is 24.6 Å². The number of thioether (sulfide) groups is 1. The zero-order valence-electron chi connectivity index (χ0n) is 9.72. The fourth-order valence-electron chi connectivity index (χ4n) is 1.99. The van der Waals surface area contributed by atoms with Crippen molar-refractivity contribution in [2.75, 3.05) is 18.2 Å². The minimum atomic E-state index is -1.01. The van der Waals surface area contributed by atoms with Gasteiger partial charge in [-0.3, -0.25) is 4.79 Å². The van der Waals surface area contributed by atoms with Crippen LogP contribution in [0.25, 0.3) is 0 Å². The smallest absolute Gasteiger partial charge is 0.327 e. The van der Waals surface area contributed by atoms with Gasteiger partial charge in [0, 0.05) is 12.3 Å². The van der Waals surface area contributed by atoms with Gasteiger partial charge in [0.25, 0.3) is 0 Å². The van der Waals surface area contributed by atoms with Crippen LogP contribution in [0.2, 0.25) is 0 Å². The van der Waals surface area contributed by atoms with Crippen molar-refractivity contribution < 1.29 is 19.5 Å². The molecule has 2 fully saturated rings. The molecular weight excluding hydrogens is 258 g/mol. The largest absolute Gasteiger partial charge is 0.480 e. The summed E-state index contributed by atoms with van der Waals surface area (Å²) in [6.45, 7) is 0.628. The van der Waals surface area contributed by atoms with E-state index in [4.69, 9.17) is 5.11 Å². The lowest BCUT2D eigenvalue weighted by atomic mass is 10.1. The van der Waals surface area contributed by atoms with Crippen LogP contribution in [-0.4, -0.2) is 58.2 Å². The lowest BCUT2D eigenvalue weighted by Crippen LogP contribution is -2.55. The van der Waals surface area contributed by atoms with Gasteiger partial charge in [-0.1, -0.05) is 0 Å². The van der Waals surface area contributed by atoms with E-state index in [-0.39, 0.29) is 5.91 Å². The summed E-state index contributed by atoms with van der Waals surface area (Å²) in [5.74, 6) is -0.479. The fraction of sp³-hybridized carbons (Fsp3) is 0.700. The van der Waals surface area contributed by atoms with Crippen LogP contribution in [0, 0.1) is 0 Å². The predicted molar refractivity (Wildman–Crippen MR) is 65.2 cm³/mol. The Labute approximate surface area is 108 Å². The zero-order chi connectivity index (χ0) is 13.1. The zero-order valence-corrected chi connectivity index (χ0v) is 10.5. The van der Waals surface area contributed by atoms with E-state index in [1.54, 1.807) is 0 Å². The van der Waals surface area contributed by atoms with Gasteiger partial charge in [0.05, 0.1) is 5.88 Å². The van der Waals surface area contributed by atoms with Gasteiger partial charge < -0.3 is 20.6 Å². The highest BCUT2D eigenvalue weighted by Gasteiger charge is 2.36. The number of amides is 3. The fourth-order valence-corrected chi connectivity index (χ4v) is 3.13. The average Bonchev–Trinajstić information content (AvgIpc) is 2.81. The molecule has 0 bridgehead atoms.